The Morgan fingerprint density at radius 2 is 2.00 bits per heavy atom. The lowest BCUT2D eigenvalue weighted by Crippen LogP contribution is -2.29. The van der Waals surface area contributed by atoms with E-state index in [1.165, 1.54) is 0 Å². The number of rotatable bonds is 7. The van der Waals surface area contributed by atoms with Crippen LogP contribution in [-0.2, 0) is 23.0 Å². The van der Waals surface area contributed by atoms with Gasteiger partial charge in [0.25, 0.3) is 0 Å². The van der Waals surface area contributed by atoms with Crippen molar-refractivity contribution < 1.29 is 22.3 Å². The quantitative estimate of drug-likeness (QED) is 0.335. The Morgan fingerprint density at radius 1 is 1.27 bits per heavy atom. The van der Waals surface area contributed by atoms with Crippen LogP contribution in [0.2, 0.25) is 0 Å². The number of nitrogens with zero attached hydrogens (tertiary/aromatic N) is 4. The highest BCUT2D eigenvalue weighted by Crippen LogP contribution is 2.36. The maximum absolute atomic E-state index is 13.8. The first kappa shape index (κ1) is 21.0. The molecule has 3 N–H and O–H groups in total. The van der Waals surface area contributed by atoms with Crippen molar-refractivity contribution in [2.24, 2.45) is 0 Å². The average Bonchev–Trinajstić information content (AvgIpc) is 3.27. The summed E-state index contributed by atoms with van der Waals surface area (Å²) in [6.45, 7) is 2.00. The largest absolute Gasteiger partial charge is 0.454 e. The van der Waals surface area contributed by atoms with Crippen molar-refractivity contribution in [3.05, 3.63) is 33.2 Å². The second-order valence-electron chi connectivity index (χ2n) is 6.50. The lowest BCUT2D eigenvalue weighted by molar-refractivity contribution is 0.174. The highest BCUT2D eigenvalue weighted by Gasteiger charge is 2.21. The van der Waals surface area contributed by atoms with Crippen molar-refractivity contribution in [3.63, 3.8) is 0 Å². The molecule has 0 unspecified atom stereocenters. The number of nitrogens with one attached hydrogen (secondary N) is 1. The smallest absolute Gasteiger partial charge is 0.312 e. The molecule has 3 aromatic rings. The average molecular weight is 548 g/mol. The summed E-state index contributed by atoms with van der Waals surface area (Å²) in [5.74, 6) is 1.73. The Bertz CT molecular complexity index is 1230. The van der Waals surface area contributed by atoms with E-state index in [0.29, 0.717) is 23.7 Å². The Hall–Kier alpha value is -2.26. The second-order valence-corrected chi connectivity index (χ2v) is 9.76. The number of hydrogen-bond donors (Lipinski definition) is 2. The van der Waals surface area contributed by atoms with Gasteiger partial charge < -0.3 is 19.8 Å². The number of aromatic nitrogens is 4. The van der Waals surface area contributed by atoms with E-state index in [4.69, 9.17) is 15.2 Å². The monoisotopic (exact) mass is 548 g/mol. The molecule has 0 saturated carbocycles. The molecule has 0 atom stereocenters. The zero-order valence-electron chi connectivity index (χ0n) is 15.9. The number of halogens is 2. The molecule has 0 fully saturated rings. The number of benzene rings is 1. The molecule has 1 aliphatic heterocycles. The zero-order valence-corrected chi connectivity index (χ0v) is 18.8. The molecule has 13 heteroatoms. The summed E-state index contributed by atoms with van der Waals surface area (Å²) in [5.41, 5.74) is 7.23. The van der Waals surface area contributed by atoms with Gasteiger partial charge in [-0.1, -0.05) is 0 Å². The fraction of sp³-hybridized carbons (Fsp3) is 0.353. The highest BCUT2D eigenvalue weighted by molar-refractivity contribution is 14.1. The molecule has 0 bridgehead atoms. The number of ether oxygens (including phenoxy) is 2. The molecule has 160 valence electrons. The van der Waals surface area contributed by atoms with Gasteiger partial charge in [0.2, 0.25) is 16.8 Å². The minimum atomic E-state index is -3.37. The first-order valence-corrected chi connectivity index (χ1v) is 11.7. The standard InChI is InChI=1S/C17H18FIN6O4S/c1-2-30(26,27)21-3-4-25-13(22-14-15(20)23-17(18)24-16(14)25)6-9-5-11-12(7-10(9)19)29-8-28-11/h5,7,21H,2-4,6,8H2,1H3,(H2,20,23,24). The Labute approximate surface area is 185 Å². The van der Waals surface area contributed by atoms with E-state index in [0.717, 1.165) is 9.13 Å². The molecule has 0 radical (unpaired) electrons. The van der Waals surface area contributed by atoms with Crippen molar-refractivity contribution in [1.29, 1.82) is 0 Å². The predicted molar refractivity (Wildman–Crippen MR) is 115 cm³/mol. The van der Waals surface area contributed by atoms with Crippen LogP contribution >= 0.6 is 22.6 Å². The van der Waals surface area contributed by atoms with Crippen LogP contribution in [0.25, 0.3) is 11.2 Å². The molecule has 0 spiro atoms. The Morgan fingerprint density at radius 3 is 2.73 bits per heavy atom. The maximum atomic E-state index is 13.8. The van der Waals surface area contributed by atoms with Crippen LogP contribution in [0, 0.1) is 9.65 Å². The summed E-state index contributed by atoms with van der Waals surface area (Å²) in [5, 5.41) is 0. The summed E-state index contributed by atoms with van der Waals surface area (Å²) in [4.78, 5) is 11.9. The number of imidazole rings is 1. The van der Waals surface area contributed by atoms with E-state index in [2.05, 4.69) is 42.3 Å². The van der Waals surface area contributed by atoms with Crippen LogP contribution in [0.15, 0.2) is 12.1 Å². The number of fused-ring (bicyclic) bond motifs is 2. The highest BCUT2D eigenvalue weighted by atomic mass is 127. The minimum absolute atomic E-state index is 0.0380. The molecular weight excluding hydrogens is 530 g/mol. The molecular formula is C17H18FIN6O4S. The van der Waals surface area contributed by atoms with Crippen LogP contribution in [-0.4, -0.2) is 47.0 Å². The Balaban J connectivity index is 1.72. The third-order valence-electron chi connectivity index (χ3n) is 4.60. The van der Waals surface area contributed by atoms with Crippen molar-refractivity contribution >= 4 is 49.6 Å². The van der Waals surface area contributed by atoms with Gasteiger partial charge in [-0.2, -0.15) is 14.4 Å². The third kappa shape index (κ3) is 4.13. The zero-order chi connectivity index (χ0) is 21.5. The lowest BCUT2D eigenvalue weighted by atomic mass is 10.1. The normalized spacial score (nSPS) is 13.3. The number of hydrogen-bond acceptors (Lipinski definition) is 8. The van der Waals surface area contributed by atoms with Gasteiger partial charge >= 0.3 is 6.08 Å². The lowest BCUT2D eigenvalue weighted by Gasteiger charge is -2.11. The van der Waals surface area contributed by atoms with E-state index in [9.17, 15) is 12.8 Å². The maximum Gasteiger partial charge on any atom is 0.312 e. The van der Waals surface area contributed by atoms with Gasteiger partial charge in [0.1, 0.15) is 5.82 Å². The predicted octanol–water partition coefficient (Wildman–Crippen LogP) is 1.41. The molecule has 10 nitrogen and oxygen atoms in total. The number of nitrogens with two attached hydrogens (primary N) is 1. The van der Waals surface area contributed by atoms with Crippen LogP contribution < -0.4 is 19.9 Å². The summed E-state index contributed by atoms with van der Waals surface area (Å²) in [7, 11) is -3.37. The van der Waals surface area contributed by atoms with E-state index in [-0.39, 0.29) is 42.6 Å². The van der Waals surface area contributed by atoms with Gasteiger partial charge in [0.05, 0.1) is 5.75 Å². The van der Waals surface area contributed by atoms with E-state index >= 15 is 0 Å². The third-order valence-corrected chi connectivity index (χ3v) is 7.01. The SMILES string of the molecule is CCS(=O)(=O)NCCn1c(Cc2cc3c(cc2I)OCO3)nc2c(N)nc(F)nc21. The van der Waals surface area contributed by atoms with Gasteiger partial charge in [-0.25, -0.2) is 18.1 Å². The van der Waals surface area contributed by atoms with Crippen LogP contribution in [0.4, 0.5) is 10.2 Å². The molecule has 1 aromatic carbocycles. The van der Waals surface area contributed by atoms with Crippen LogP contribution in [0.3, 0.4) is 0 Å². The second kappa shape index (κ2) is 8.11. The van der Waals surface area contributed by atoms with E-state index in [1.54, 1.807) is 11.5 Å². The fourth-order valence-corrected chi connectivity index (χ4v) is 4.33. The minimum Gasteiger partial charge on any atom is -0.454 e. The van der Waals surface area contributed by atoms with Crippen molar-refractivity contribution in [2.45, 2.75) is 19.9 Å². The van der Waals surface area contributed by atoms with E-state index < -0.39 is 16.1 Å². The fourth-order valence-electron chi connectivity index (χ4n) is 3.09. The summed E-state index contributed by atoms with van der Waals surface area (Å²) < 4.78 is 53.2. The summed E-state index contributed by atoms with van der Waals surface area (Å²) in [6.07, 6.45) is -0.605. The van der Waals surface area contributed by atoms with Gasteiger partial charge in [-0.15, -0.1) is 0 Å². The van der Waals surface area contributed by atoms with E-state index in [1.807, 2.05) is 12.1 Å². The number of sulfonamides is 1. The van der Waals surface area contributed by atoms with Crippen molar-refractivity contribution in [3.8, 4) is 11.5 Å². The number of nitrogen functional groups attached to an aromatic ring is 1. The molecule has 2 aromatic heterocycles. The molecule has 0 amide bonds. The van der Waals surface area contributed by atoms with Crippen molar-refractivity contribution in [1.82, 2.24) is 24.2 Å². The first-order chi connectivity index (χ1) is 14.3. The van der Waals surface area contributed by atoms with Crippen LogP contribution in [0.1, 0.15) is 18.3 Å². The van der Waals surface area contributed by atoms with Gasteiger partial charge in [0.15, 0.2) is 28.5 Å². The first-order valence-electron chi connectivity index (χ1n) is 9.01. The number of anilines is 1. The molecule has 30 heavy (non-hydrogen) atoms. The summed E-state index contributed by atoms with van der Waals surface area (Å²) >= 11 is 2.19. The molecule has 4 rings (SSSR count). The van der Waals surface area contributed by atoms with Crippen molar-refractivity contribution in [2.75, 3.05) is 24.8 Å². The topological polar surface area (TPSA) is 134 Å². The molecule has 0 saturated heterocycles. The summed E-state index contributed by atoms with van der Waals surface area (Å²) in [6, 6.07) is 3.73. The molecule has 3 heterocycles. The van der Waals surface area contributed by atoms with Crippen LogP contribution in [0.5, 0.6) is 11.5 Å². The van der Waals surface area contributed by atoms with Gasteiger partial charge in [-0.3, -0.25) is 0 Å². The van der Waals surface area contributed by atoms with Gasteiger partial charge in [0, 0.05) is 23.1 Å². The Kier molecular flexibility index (Phi) is 5.67. The molecule has 0 aliphatic carbocycles. The molecule has 1 aliphatic rings. The van der Waals surface area contributed by atoms with Gasteiger partial charge in [-0.05, 0) is 47.2 Å².